The highest BCUT2D eigenvalue weighted by Gasteiger charge is 2.52. The minimum absolute atomic E-state index is 0.305. The molecule has 1 aliphatic rings. The molecule has 0 atom stereocenters. The van der Waals surface area contributed by atoms with Crippen molar-refractivity contribution in [2.24, 2.45) is 0 Å². The average Bonchev–Trinajstić information content (AvgIpc) is 2.47. The molecule has 1 aromatic rings. The molecule has 0 aromatic heterocycles. The molecule has 1 heterocycles. The maximum Gasteiger partial charge on any atom is 0.496 e. The molecule has 1 aliphatic heterocycles. The molecule has 100 valence electrons. The Morgan fingerprint density at radius 2 is 1.63 bits per heavy atom. The van der Waals surface area contributed by atoms with Gasteiger partial charge in [-0.05, 0) is 39.8 Å². The zero-order valence-electron chi connectivity index (χ0n) is 11.3. The van der Waals surface area contributed by atoms with Crippen LogP contribution in [0.4, 0.5) is 0 Å². The van der Waals surface area contributed by atoms with Crippen LogP contribution in [0.25, 0.3) is 0 Å². The van der Waals surface area contributed by atoms with E-state index in [9.17, 15) is 5.26 Å². The molecule has 0 aliphatic carbocycles. The van der Waals surface area contributed by atoms with Crippen LogP contribution in [-0.2, 0) is 9.31 Å². The third-order valence-corrected chi connectivity index (χ3v) is 4.22. The lowest BCUT2D eigenvalue weighted by atomic mass is 9.76. The molecule has 3 nitrogen and oxygen atoms in total. The first-order valence-electron chi connectivity index (χ1n) is 5.92. The fourth-order valence-electron chi connectivity index (χ4n) is 1.87. The number of hydrogen-bond acceptors (Lipinski definition) is 3. The zero-order valence-corrected chi connectivity index (χ0v) is 12.8. The van der Waals surface area contributed by atoms with E-state index in [4.69, 9.17) is 32.5 Å². The second-order valence-electron chi connectivity index (χ2n) is 5.55. The summed E-state index contributed by atoms with van der Waals surface area (Å²) in [7, 11) is -0.643. The highest BCUT2D eigenvalue weighted by molar-refractivity contribution is 6.63. The van der Waals surface area contributed by atoms with Gasteiger partial charge in [-0.1, -0.05) is 23.2 Å². The maximum atomic E-state index is 9.22. The van der Waals surface area contributed by atoms with Gasteiger partial charge in [-0.3, -0.25) is 0 Å². The van der Waals surface area contributed by atoms with Crippen molar-refractivity contribution in [3.05, 3.63) is 27.7 Å². The Hall–Kier alpha value is -0.725. The van der Waals surface area contributed by atoms with Gasteiger partial charge in [0.15, 0.2) is 0 Å². The van der Waals surface area contributed by atoms with Crippen molar-refractivity contribution in [2.45, 2.75) is 38.9 Å². The first-order chi connectivity index (χ1) is 8.68. The summed E-state index contributed by atoms with van der Waals surface area (Å²) in [4.78, 5) is 0. The van der Waals surface area contributed by atoms with Crippen LogP contribution in [0.1, 0.15) is 33.3 Å². The van der Waals surface area contributed by atoms with E-state index in [1.165, 1.54) is 6.07 Å². The molecule has 0 N–H and O–H groups in total. The van der Waals surface area contributed by atoms with Gasteiger partial charge in [0.2, 0.25) is 0 Å². The lowest BCUT2D eigenvalue weighted by molar-refractivity contribution is 0.00578. The molecule has 6 heteroatoms. The summed E-state index contributed by atoms with van der Waals surface area (Å²) in [5.74, 6) is 0. The third-order valence-electron chi connectivity index (χ3n) is 3.70. The van der Waals surface area contributed by atoms with Crippen LogP contribution < -0.4 is 5.46 Å². The monoisotopic (exact) mass is 297 g/mol. The normalized spacial score (nSPS) is 20.4. The standard InChI is InChI=1S/C13H14BCl2NO2/c1-12(2)13(3,4)19-14(18-12)10-5-8(15)6-11(16)9(10)7-17/h5-6H,1-4H3. The predicted octanol–water partition coefficient (Wildman–Crippen LogP) is 3.16. The minimum atomic E-state index is -0.643. The smallest absolute Gasteiger partial charge is 0.399 e. The quantitative estimate of drug-likeness (QED) is 0.748. The number of benzene rings is 1. The van der Waals surface area contributed by atoms with E-state index in [1.807, 2.05) is 27.7 Å². The molecule has 1 aromatic carbocycles. The second kappa shape index (κ2) is 4.68. The molecule has 19 heavy (non-hydrogen) atoms. The van der Waals surface area contributed by atoms with Gasteiger partial charge in [-0.25, -0.2) is 0 Å². The van der Waals surface area contributed by atoms with Crippen molar-refractivity contribution in [2.75, 3.05) is 0 Å². The van der Waals surface area contributed by atoms with E-state index >= 15 is 0 Å². The van der Waals surface area contributed by atoms with E-state index in [-0.39, 0.29) is 0 Å². The van der Waals surface area contributed by atoms with Gasteiger partial charge in [0.05, 0.1) is 21.8 Å². The SMILES string of the molecule is CC1(C)OB(c2cc(Cl)cc(Cl)c2C#N)OC1(C)C. The Morgan fingerprint density at radius 3 is 2.11 bits per heavy atom. The van der Waals surface area contributed by atoms with Crippen molar-refractivity contribution in [1.29, 1.82) is 5.26 Å². The number of hydrogen-bond donors (Lipinski definition) is 0. The molecule has 0 radical (unpaired) electrons. The second-order valence-corrected chi connectivity index (χ2v) is 6.40. The topological polar surface area (TPSA) is 42.2 Å². The van der Waals surface area contributed by atoms with Crippen LogP contribution in [-0.4, -0.2) is 18.3 Å². The van der Waals surface area contributed by atoms with Crippen LogP contribution in [0.2, 0.25) is 10.0 Å². The lowest BCUT2D eigenvalue weighted by Crippen LogP contribution is -2.41. The number of nitrogens with zero attached hydrogens (tertiary/aromatic N) is 1. The Labute approximate surface area is 123 Å². The van der Waals surface area contributed by atoms with Crippen LogP contribution >= 0.6 is 23.2 Å². The summed E-state index contributed by atoms with van der Waals surface area (Å²) in [6, 6.07) is 5.27. The lowest BCUT2D eigenvalue weighted by Gasteiger charge is -2.32. The summed E-state index contributed by atoms with van der Waals surface area (Å²) >= 11 is 12.0. The maximum absolute atomic E-state index is 9.22. The molecule has 0 spiro atoms. The molecule has 1 fully saturated rings. The van der Waals surface area contributed by atoms with E-state index in [0.29, 0.717) is 21.1 Å². The van der Waals surface area contributed by atoms with Crippen molar-refractivity contribution in [1.82, 2.24) is 0 Å². The summed E-state index contributed by atoms with van der Waals surface area (Å²) in [6.45, 7) is 7.80. The van der Waals surface area contributed by atoms with Gasteiger partial charge >= 0.3 is 7.12 Å². The van der Waals surface area contributed by atoms with Crippen LogP contribution in [0, 0.1) is 11.3 Å². The van der Waals surface area contributed by atoms with Gasteiger partial charge in [0, 0.05) is 10.5 Å². The Balaban J connectivity index is 2.48. The molecule has 0 unspecified atom stereocenters. The Morgan fingerprint density at radius 1 is 1.11 bits per heavy atom. The van der Waals surface area contributed by atoms with Crippen molar-refractivity contribution >= 4 is 35.8 Å². The summed E-state index contributed by atoms with van der Waals surface area (Å²) in [6.07, 6.45) is 0. The highest BCUT2D eigenvalue weighted by atomic mass is 35.5. The summed E-state index contributed by atoms with van der Waals surface area (Å²) in [5.41, 5.74) is -0.0403. The third kappa shape index (κ3) is 2.48. The Kier molecular flexibility index (Phi) is 3.61. The summed E-state index contributed by atoms with van der Waals surface area (Å²) < 4.78 is 11.8. The van der Waals surface area contributed by atoms with Crippen molar-refractivity contribution in [3.63, 3.8) is 0 Å². The fourth-order valence-corrected chi connectivity index (χ4v) is 2.42. The van der Waals surface area contributed by atoms with Gasteiger partial charge in [-0.15, -0.1) is 0 Å². The highest BCUT2D eigenvalue weighted by Crippen LogP contribution is 2.37. The summed E-state index contributed by atoms with van der Waals surface area (Å²) in [5, 5.41) is 9.98. The largest absolute Gasteiger partial charge is 0.496 e. The molecule has 0 saturated carbocycles. The van der Waals surface area contributed by atoms with E-state index < -0.39 is 18.3 Å². The van der Waals surface area contributed by atoms with Gasteiger partial charge in [0.25, 0.3) is 0 Å². The first kappa shape index (κ1) is 14.7. The van der Waals surface area contributed by atoms with E-state index in [0.717, 1.165) is 0 Å². The molecule has 2 rings (SSSR count). The van der Waals surface area contributed by atoms with Gasteiger partial charge in [0.1, 0.15) is 6.07 Å². The van der Waals surface area contributed by atoms with Crippen LogP contribution in [0.5, 0.6) is 0 Å². The molecule has 1 saturated heterocycles. The number of nitriles is 1. The number of halogens is 2. The van der Waals surface area contributed by atoms with E-state index in [2.05, 4.69) is 6.07 Å². The first-order valence-corrected chi connectivity index (χ1v) is 6.68. The number of rotatable bonds is 1. The van der Waals surface area contributed by atoms with E-state index in [1.54, 1.807) is 6.07 Å². The molecule has 0 bridgehead atoms. The molecular weight excluding hydrogens is 284 g/mol. The molecule has 0 amide bonds. The minimum Gasteiger partial charge on any atom is -0.399 e. The van der Waals surface area contributed by atoms with Gasteiger partial charge in [-0.2, -0.15) is 5.26 Å². The predicted molar refractivity (Wildman–Crippen MR) is 76.9 cm³/mol. The van der Waals surface area contributed by atoms with Crippen molar-refractivity contribution < 1.29 is 9.31 Å². The Bertz CT molecular complexity index is 550. The molecular formula is C13H14BCl2NO2. The zero-order chi connectivity index (χ0) is 14.4. The van der Waals surface area contributed by atoms with Gasteiger partial charge < -0.3 is 9.31 Å². The van der Waals surface area contributed by atoms with Crippen LogP contribution in [0.15, 0.2) is 12.1 Å². The average molecular weight is 298 g/mol. The van der Waals surface area contributed by atoms with Crippen LogP contribution in [0.3, 0.4) is 0 Å². The van der Waals surface area contributed by atoms with Crippen molar-refractivity contribution in [3.8, 4) is 6.07 Å². The fraction of sp³-hybridized carbons (Fsp3) is 0.462.